The third kappa shape index (κ3) is 4.26. The van der Waals surface area contributed by atoms with Crippen molar-refractivity contribution < 1.29 is 9.90 Å². The second kappa shape index (κ2) is 8.92. The highest BCUT2D eigenvalue weighted by molar-refractivity contribution is 7.19. The number of carbonyl (C=O) groups excluding carboxylic acids is 1. The van der Waals surface area contributed by atoms with Crippen LogP contribution < -0.4 is 5.32 Å². The maximum absolute atomic E-state index is 12.3. The van der Waals surface area contributed by atoms with Crippen molar-refractivity contribution in [2.45, 2.75) is 20.3 Å². The SMILES string of the molecule is CCN(CCO)C(=O)CCNc1ncnc2sc(C)c(-c3ccccc3)c12. The smallest absolute Gasteiger partial charge is 0.224 e. The van der Waals surface area contributed by atoms with E-state index in [4.69, 9.17) is 5.11 Å². The minimum absolute atomic E-state index is 0.0197. The summed E-state index contributed by atoms with van der Waals surface area (Å²) in [4.78, 5) is 24.9. The van der Waals surface area contributed by atoms with E-state index < -0.39 is 0 Å². The van der Waals surface area contributed by atoms with Crippen LogP contribution in [0.1, 0.15) is 18.2 Å². The molecule has 142 valence electrons. The van der Waals surface area contributed by atoms with Gasteiger partial charge in [0.25, 0.3) is 0 Å². The molecule has 3 rings (SSSR count). The molecule has 1 aromatic carbocycles. The van der Waals surface area contributed by atoms with Gasteiger partial charge in [-0.3, -0.25) is 4.79 Å². The lowest BCUT2D eigenvalue weighted by molar-refractivity contribution is -0.131. The van der Waals surface area contributed by atoms with Gasteiger partial charge in [-0.25, -0.2) is 9.97 Å². The number of aliphatic hydroxyl groups excluding tert-OH is 1. The second-order valence-electron chi connectivity index (χ2n) is 6.18. The van der Waals surface area contributed by atoms with E-state index in [0.717, 1.165) is 27.2 Å². The van der Waals surface area contributed by atoms with Gasteiger partial charge in [0.1, 0.15) is 17.0 Å². The third-order valence-electron chi connectivity index (χ3n) is 4.46. The number of aryl methyl sites for hydroxylation is 1. The molecule has 0 saturated heterocycles. The third-order valence-corrected chi connectivity index (χ3v) is 5.48. The molecule has 1 amide bonds. The molecule has 0 atom stereocenters. The zero-order chi connectivity index (χ0) is 19.2. The zero-order valence-corrected chi connectivity index (χ0v) is 16.4. The number of thiophene rings is 1. The van der Waals surface area contributed by atoms with Crippen LogP contribution in [0.5, 0.6) is 0 Å². The van der Waals surface area contributed by atoms with Gasteiger partial charge in [-0.05, 0) is 19.4 Å². The van der Waals surface area contributed by atoms with Crippen molar-refractivity contribution >= 4 is 33.3 Å². The lowest BCUT2D eigenvalue weighted by Crippen LogP contribution is -2.34. The summed E-state index contributed by atoms with van der Waals surface area (Å²) in [6.07, 6.45) is 1.91. The Balaban J connectivity index is 1.82. The lowest BCUT2D eigenvalue weighted by atomic mass is 10.0. The van der Waals surface area contributed by atoms with Gasteiger partial charge in [-0.2, -0.15) is 0 Å². The standard InChI is InChI=1S/C20H24N4O2S/c1-3-24(11-12-25)16(26)9-10-21-19-18-17(15-7-5-4-6-8-15)14(2)27-20(18)23-13-22-19/h4-8,13,25H,3,9-12H2,1-2H3,(H,21,22,23). The number of nitrogens with one attached hydrogen (secondary N) is 1. The second-order valence-corrected chi connectivity index (χ2v) is 7.38. The maximum Gasteiger partial charge on any atom is 0.224 e. The summed E-state index contributed by atoms with van der Waals surface area (Å²) >= 11 is 1.65. The molecule has 2 heterocycles. The van der Waals surface area contributed by atoms with Crippen molar-refractivity contribution in [3.8, 4) is 11.1 Å². The highest BCUT2D eigenvalue weighted by atomic mass is 32.1. The fraction of sp³-hybridized carbons (Fsp3) is 0.350. The number of rotatable bonds is 8. The summed E-state index contributed by atoms with van der Waals surface area (Å²) in [5.74, 6) is 0.773. The molecule has 0 aliphatic rings. The quantitative estimate of drug-likeness (QED) is 0.623. The molecular formula is C20H24N4O2S. The van der Waals surface area contributed by atoms with Crippen molar-refractivity contribution in [1.29, 1.82) is 0 Å². The number of hydrogen-bond donors (Lipinski definition) is 2. The van der Waals surface area contributed by atoms with Crippen LogP contribution in [0.4, 0.5) is 5.82 Å². The van der Waals surface area contributed by atoms with E-state index in [2.05, 4.69) is 34.3 Å². The van der Waals surface area contributed by atoms with Gasteiger partial charge < -0.3 is 15.3 Å². The van der Waals surface area contributed by atoms with Crippen molar-refractivity contribution in [2.75, 3.05) is 31.6 Å². The number of likely N-dealkylation sites (N-methyl/N-ethyl adjacent to an activating group) is 1. The van der Waals surface area contributed by atoms with Crippen molar-refractivity contribution in [1.82, 2.24) is 14.9 Å². The van der Waals surface area contributed by atoms with Crippen LogP contribution in [0.25, 0.3) is 21.3 Å². The largest absolute Gasteiger partial charge is 0.395 e. The predicted octanol–water partition coefficient (Wildman–Crippen LogP) is 3.31. The molecule has 27 heavy (non-hydrogen) atoms. The summed E-state index contributed by atoms with van der Waals surface area (Å²) in [5, 5.41) is 13.4. The van der Waals surface area contributed by atoms with Crippen LogP contribution in [-0.2, 0) is 4.79 Å². The molecule has 0 radical (unpaired) electrons. The maximum atomic E-state index is 12.3. The van der Waals surface area contributed by atoms with Crippen molar-refractivity contribution in [3.63, 3.8) is 0 Å². The first-order valence-electron chi connectivity index (χ1n) is 9.07. The van der Waals surface area contributed by atoms with Gasteiger partial charge in [-0.15, -0.1) is 11.3 Å². The van der Waals surface area contributed by atoms with E-state index in [1.807, 2.05) is 25.1 Å². The first-order chi connectivity index (χ1) is 13.2. The van der Waals surface area contributed by atoms with Gasteiger partial charge in [0.2, 0.25) is 5.91 Å². The van der Waals surface area contributed by atoms with E-state index in [1.54, 1.807) is 22.6 Å². The van der Waals surface area contributed by atoms with Gasteiger partial charge >= 0.3 is 0 Å². The van der Waals surface area contributed by atoms with Gasteiger partial charge in [0.15, 0.2) is 0 Å². The average molecular weight is 385 g/mol. The van der Waals surface area contributed by atoms with E-state index in [0.29, 0.717) is 26.1 Å². The van der Waals surface area contributed by atoms with Crippen LogP contribution in [-0.4, -0.2) is 52.1 Å². The minimum Gasteiger partial charge on any atom is -0.395 e. The first kappa shape index (κ1) is 19.3. The van der Waals surface area contributed by atoms with Crippen molar-refractivity contribution in [2.24, 2.45) is 0 Å². The van der Waals surface area contributed by atoms with Gasteiger partial charge in [-0.1, -0.05) is 30.3 Å². The molecule has 0 aliphatic heterocycles. The monoisotopic (exact) mass is 384 g/mol. The minimum atomic E-state index is -0.0197. The molecule has 0 aliphatic carbocycles. The number of fused-ring (bicyclic) bond motifs is 1. The van der Waals surface area contributed by atoms with Gasteiger partial charge in [0.05, 0.1) is 12.0 Å². The number of anilines is 1. The van der Waals surface area contributed by atoms with Crippen LogP contribution in [0, 0.1) is 6.92 Å². The Morgan fingerprint density at radius 2 is 2.04 bits per heavy atom. The highest BCUT2D eigenvalue weighted by Crippen LogP contribution is 2.40. The van der Waals surface area contributed by atoms with E-state index in [1.165, 1.54) is 4.88 Å². The molecule has 0 unspecified atom stereocenters. The van der Waals surface area contributed by atoms with E-state index in [9.17, 15) is 4.79 Å². The molecular weight excluding hydrogens is 360 g/mol. The molecule has 0 fully saturated rings. The van der Waals surface area contributed by atoms with Crippen LogP contribution in [0.15, 0.2) is 36.7 Å². The number of hydrogen-bond acceptors (Lipinski definition) is 6. The fourth-order valence-electron chi connectivity index (χ4n) is 3.16. The Labute approximate surface area is 162 Å². The molecule has 7 heteroatoms. The summed E-state index contributed by atoms with van der Waals surface area (Å²) in [7, 11) is 0. The molecule has 2 aromatic heterocycles. The number of nitrogens with zero attached hydrogens (tertiary/aromatic N) is 3. The number of carbonyl (C=O) groups is 1. The zero-order valence-electron chi connectivity index (χ0n) is 15.6. The molecule has 3 aromatic rings. The first-order valence-corrected chi connectivity index (χ1v) is 9.89. The molecule has 0 spiro atoms. The molecule has 0 bridgehead atoms. The van der Waals surface area contributed by atoms with E-state index >= 15 is 0 Å². The highest BCUT2D eigenvalue weighted by Gasteiger charge is 2.17. The van der Waals surface area contributed by atoms with E-state index in [-0.39, 0.29) is 12.5 Å². The topological polar surface area (TPSA) is 78.4 Å². The molecule has 2 N–H and O–H groups in total. The number of amides is 1. The average Bonchev–Trinajstić information content (AvgIpc) is 3.03. The summed E-state index contributed by atoms with van der Waals surface area (Å²) < 4.78 is 0. The van der Waals surface area contributed by atoms with Gasteiger partial charge in [0, 0.05) is 36.5 Å². The Kier molecular flexibility index (Phi) is 6.36. The summed E-state index contributed by atoms with van der Waals surface area (Å²) in [6, 6.07) is 10.2. The Morgan fingerprint density at radius 1 is 1.26 bits per heavy atom. The van der Waals surface area contributed by atoms with Crippen LogP contribution in [0.3, 0.4) is 0 Å². The van der Waals surface area contributed by atoms with Crippen LogP contribution >= 0.6 is 11.3 Å². The predicted molar refractivity (Wildman–Crippen MR) is 110 cm³/mol. The Morgan fingerprint density at radius 3 is 2.74 bits per heavy atom. The lowest BCUT2D eigenvalue weighted by Gasteiger charge is -2.19. The van der Waals surface area contributed by atoms with Crippen molar-refractivity contribution in [3.05, 3.63) is 41.5 Å². The number of aromatic nitrogens is 2. The summed E-state index contributed by atoms with van der Waals surface area (Å²) in [6.45, 7) is 5.43. The number of aliphatic hydroxyl groups is 1. The van der Waals surface area contributed by atoms with Crippen LogP contribution in [0.2, 0.25) is 0 Å². The normalized spacial score (nSPS) is 10.9. The Bertz CT molecular complexity index is 911. The molecule has 0 saturated carbocycles. The molecule has 6 nitrogen and oxygen atoms in total. The fourth-order valence-corrected chi connectivity index (χ4v) is 4.17. The number of benzene rings is 1. The Hall–Kier alpha value is -2.51. The summed E-state index contributed by atoms with van der Waals surface area (Å²) in [5.41, 5.74) is 2.27.